The highest BCUT2D eigenvalue weighted by molar-refractivity contribution is 6.03. The summed E-state index contributed by atoms with van der Waals surface area (Å²) >= 11 is 0. The Balaban J connectivity index is 1.23. The maximum absolute atomic E-state index is 15.3. The van der Waals surface area contributed by atoms with Crippen molar-refractivity contribution in [3.63, 3.8) is 0 Å². The Morgan fingerprint density at radius 3 is 2.25 bits per heavy atom. The van der Waals surface area contributed by atoms with Crippen molar-refractivity contribution in [3.8, 4) is 34.5 Å². The number of hydrogen-bond donors (Lipinski definition) is 3. The number of carbonyl (C=O) groups excluding carboxylic acids is 2. The number of nitrogens with one attached hydrogen (secondary N) is 1. The normalized spacial score (nSPS) is 20.8. The fourth-order valence-electron chi connectivity index (χ4n) is 12.0. The van der Waals surface area contributed by atoms with Gasteiger partial charge >= 0.3 is 12.2 Å². The van der Waals surface area contributed by atoms with Gasteiger partial charge in [0.05, 0.1) is 44.8 Å². The topological polar surface area (TPSA) is 185 Å². The third-order valence-corrected chi connectivity index (χ3v) is 15.9. The number of fused-ring (bicyclic) bond motifs is 3. The van der Waals surface area contributed by atoms with Crippen LogP contribution in [0.25, 0.3) is 0 Å². The predicted molar refractivity (Wildman–Crippen MR) is 307 cm³/mol. The van der Waals surface area contributed by atoms with Gasteiger partial charge in [-0.15, -0.1) is 6.58 Å². The summed E-state index contributed by atoms with van der Waals surface area (Å²) in [5, 5.41) is 28.1. The van der Waals surface area contributed by atoms with Crippen LogP contribution in [0.5, 0.6) is 34.5 Å². The van der Waals surface area contributed by atoms with E-state index in [0.717, 1.165) is 60.8 Å². The molecule has 8 rings (SSSR count). The van der Waals surface area contributed by atoms with Crippen LogP contribution < -0.4 is 33.7 Å². The molecule has 4 aromatic rings. The number of nitrogens with zero attached hydrogens (tertiary/aromatic N) is 2. The summed E-state index contributed by atoms with van der Waals surface area (Å²) in [6, 6.07) is 25.1. The van der Waals surface area contributed by atoms with Gasteiger partial charge in [-0.1, -0.05) is 131 Å². The average molecular weight is 1100 g/mol. The molecule has 16 heteroatoms. The Labute approximate surface area is 472 Å². The zero-order chi connectivity index (χ0) is 56.1. The first-order valence-electron chi connectivity index (χ1n) is 29.0. The van der Waals surface area contributed by atoms with Gasteiger partial charge < -0.3 is 52.9 Å². The summed E-state index contributed by atoms with van der Waals surface area (Å²) in [6.07, 6.45) is 18.4. The van der Waals surface area contributed by atoms with Crippen molar-refractivity contribution in [1.29, 1.82) is 0 Å². The van der Waals surface area contributed by atoms with Gasteiger partial charge in [0.15, 0.2) is 11.5 Å². The lowest BCUT2D eigenvalue weighted by Crippen LogP contribution is -2.70. The zero-order valence-corrected chi connectivity index (χ0v) is 47.1. The van der Waals surface area contributed by atoms with E-state index in [2.05, 4.69) is 24.9 Å². The lowest BCUT2D eigenvalue weighted by atomic mass is 9.55. The maximum atomic E-state index is 15.3. The van der Waals surface area contributed by atoms with Crippen molar-refractivity contribution in [2.45, 2.75) is 147 Å². The van der Waals surface area contributed by atoms with E-state index in [9.17, 15) is 15.0 Å². The minimum Gasteiger partial charge on any atom is -0.497 e. The Hall–Kier alpha value is -6.75. The average Bonchev–Trinajstić information content (AvgIpc) is 4.05. The lowest BCUT2D eigenvalue weighted by molar-refractivity contribution is -0.256. The van der Waals surface area contributed by atoms with E-state index in [4.69, 9.17) is 47.9 Å². The fraction of sp³-hybridized carbons (Fsp3) is 0.516. The Kier molecular flexibility index (Phi) is 22.4. The number of aliphatic hydroxyl groups is 2. The van der Waals surface area contributed by atoms with Gasteiger partial charge in [-0.05, 0) is 103 Å². The van der Waals surface area contributed by atoms with Crippen LogP contribution in [0.3, 0.4) is 0 Å². The second-order valence-corrected chi connectivity index (χ2v) is 21.2. The van der Waals surface area contributed by atoms with Gasteiger partial charge in [-0.3, -0.25) is 10.2 Å². The third-order valence-electron chi connectivity index (χ3n) is 15.9. The molecule has 1 fully saturated rings. The summed E-state index contributed by atoms with van der Waals surface area (Å²) in [4.78, 5) is 37.2. The molecule has 2 heterocycles. The number of methoxy groups -OCH3 is 2. The van der Waals surface area contributed by atoms with Crippen molar-refractivity contribution in [1.82, 2.24) is 4.90 Å². The van der Waals surface area contributed by atoms with Crippen molar-refractivity contribution in [2.75, 3.05) is 52.8 Å². The minimum absolute atomic E-state index is 0.0307. The van der Waals surface area contributed by atoms with Crippen LogP contribution in [0.15, 0.2) is 114 Å². The third kappa shape index (κ3) is 15.0. The van der Waals surface area contributed by atoms with Crippen molar-refractivity contribution in [2.24, 2.45) is 22.9 Å². The van der Waals surface area contributed by atoms with Crippen LogP contribution in [0.2, 0.25) is 0 Å². The van der Waals surface area contributed by atoms with Gasteiger partial charge in [0, 0.05) is 43.7 Å². The van der Waals surface area contributed by atoms with E-state index < -0.39 is 35.9 Å². The molecule has 2 amide bonds. The summed E-state index contributed by atoms with van der Waals surface area (Å²) in [7, 11) is 3.06. The first-order chi connectivity index (χ1) is 39.2. The van der Waals surface area contributed by atoms with Crippen LogP contribution in [0.1, 0.15) is 139 Å². The number of ether oxygens (including phenoxy) is 8. The smallest absolute Gasteiger partial charge is 0.417 e. The van der Waals surface area contributed by atoms with Crippen molar-refractivity contribution >= 4 is 23.6 Å². The van der Waals surface area contributed by atoms with Gasteiger partial charge in [-0.25, -0.2) is 9.59 Å². The van der Waals surface area contributed by atoms with E-state index in [0.29, 0.717) is 65.8 Å². The van der Waals surface area contributed by atoms with Crippen molar-refractivity contribution in [3.05, 3.63) is 126 Å². The molecule has 0 radical (unpaired) electrons. The highest BCUT2D eigenvalue weighted by atomic mass is 16.7. The number of hydrogen-bond acceptors (Lipinski definition) is 14. The molecule has 4 aromatic carbocycles. The Bertz CT molecular complexity index is 2700. The lowest BCUT2D eigenvalue weighted by Gasteiger charge is -2.59. The molecule has 432 valence electrons. The maximum Gasteiger partial charge on any atom is 0.417 e. The molecule has 4 aliphatic rings. The minimum atomic E-state index is -1.58. The van der Waals surface area contributed by atoms with Crippen molar-refractivity contribution < 1.29 is 62.5 Å². The summed E-state index contributed by atoms with van der Waals surface area (Å²) < 4.78 is 49.7. The van der Waals surface area contributed by atoms with E-state index >= 15 is 4.79 Å². The van der Waals surface area contributed by atoms with Gasteiger partial charge in [0.25, 0.3) is 0 Å². The van der Waals surface area contributed by atoms with Crippen LogP contribution in [0, 0.1) is 17.8 Å². The first kappa shape index (κ1) is 59.4. The number of oxime groups is 1. The fourth-order valence-corrected chi connectivity index (χ4v) is 12.0. The molecule has 1 saturated carbocycles. The molecule has 0 bridgehead atoms. The molecule has 80 heavy (non-hydrogen) atoms. The van der Waals surface area contributed by atoms with Crippen LogP contribution in [0.4, 0.5) is 15.3 Å². The van der Waals surface area contributed by atoms with E-state index in [-0.39, 0.29) is 70.4 Å². The molecule has 0 saturated heterocycles. The zero-order valence-electron chi connectivity index (χ0n) is 47.1. The van der Waals surface area contributed by atoms with Crippen LogP contribution in [-0.4, -0.2) is 92.3 Å². The molecule has 2 aliphatic heterocycles. The molecular formula is C64H83N3O13. The van der Waals surface area contributed by atoms with Gasteiger partial charge in [0.2, 0.25) is 12.6 Å². The number of carbonyl (C=O) groups is 2. The standard InChI is InChI=1S/C64H83N3O13/c1-5-7-8-9-10-11-12-13-14-22-36-74-63(71)67(42-46-27-31-56-58(37-46)76-44-75-56)59-41-54(66-78-43-45-23-16-15-17-24-45)51-38-47(25-18-20-33-68)50(26-19-21-34-69)60-52-39-49(29-32-55(52)80-64(59,61(51)60)77-35-6-2)79-62(70)65-53-30-28-48(72-3)40-57(53)73-4/h6,15-17,23-24,27-32,37-40,47,50,59-61,68-69H,2,5,7-14,18-22,25-26,33-36,41-44H2,1,3-4H3,(H,65,70)/t47-,50+,59-,60+,61+,64+/m0/s1. The Morgan fingerprint density at radius 1 is 0.787 bits per heavy atom. The summed E-state index contributed by atoms with van der Waals surface area (Å²) in [5.74, 6) is 0.162. The molecule has 3 N–H and O–H groups in total. The quantitative estimate of drug-likeness (QED) is 0.0239. The highest BCUT2D eigenvalue weighted by Crippen LogP contribution is 2.62. The summed E-state index contributed by atoms with van der Waals surface area (Å²) in [5.41, 5.74) is 4.37. The number of allylic oxidation sites excluding steroid dienone is 1. The number of aliphatic hydroxyl groups excluding tert-OH is 2. The predicted octanol–water partition coefficient (Wildman–Crippen LogP) is 13.4. The Morgan fingerprint density at radius 2 is 1.51 bits per heavy atom. The molecule has 16 nitrogen and oxygen atoms in total. The highest BCUT2D eigenvalue weighted by Gasteiger charge is 2.66. The van der Waals surface area contributed by atoms with E-state index in [1.807, 2.05) is 54.6 Å². The largest absolute Gasteiger partial charge is 0.497 e. The molecular weight excluding hydrogens is 1020 g/mol. The van der Waals surface area contributed by atoms with Crippen LogP contribution >= 0.6 is 0 Å². The summed E-state index contributed by atoms with van der Waals surface area (Å²) in [6.45, 7) is 7.10. The molecule has 0 spiro atoms. The van der Waals surface area contributed by atoms with E-state index in [1.54, 1.807) is 48.4 Å². The molecule has 6 atom stereocenters. The number of unbranched alkanes of at least 4 members (excludes halogenated alkanes) is 11. The van der Waals surface area contributed by atoms with Gasteiger partial charge in [-0.2, -0.15) is 0 Å². The number of benzene rings is 4. The number of amides is 2. The van der Waals surface area contributed by atoms with E-state index in [1.165, 1.54) is 45.6 Å². The van der Waals surface area contributed by atoms with Crippen LogP contribution in [-0.2, 0) is 27.5 Å². The second kappa shape index (κ2) is 30.2. The SMILES string of the molecule is C=CCO[C@@]12Oc3ccc(OC(=O)Nc4ccc(OC)cc4OC)cc3[C@H]3[C@H](CCCCO)[C@@H](CCCCO)C=C(C(=NOCc4ccccc4)C[C@@H]1N(Cc1ccc4c(c1)OCO4)C(=O)OCCCCCCCCCCCC)[C@H]32. The number of rotatable bonds is 32. The molecule has 0 unspecified atom stereocenters. The molecule has 2 aliphatic carbocycles. The monoisotopic (exact) mass is 1100 g/mol. The number of anilines is 1. The van der Waals surface area contributed by atoms with Gasteiger partial charge in [0.1, 0.15) is 35.6 Å². The molecule has 0 aromatic heterocycles. The first-order valence-corrected chi connectivity index (χ1v) is 29.0. The second-order valence-electron chi connectivity index (χ2n) is 21.2.